The standard InChI is InChI=1S/C28H31N4O4P/c1-2-3-5-12-22(21-10-6-4-7-11-21)19-26-31-32-28(36-26)25-15-14-23(27-24(25)13-8-17-30-27)20-29-16-9-18-35-37(33)34/h4,6-8,10-11,13-15,17,19,29H,2-3,5,9,12,16,18,20H2,1H3/p+1/b22-19+. The lowest BCUT2D eigenvalue weighted by atomic mass is 9.99. The molecule has 0 amide bonds. The van der Waals surface area contributed by atoms with E-state index in [1.807, 2.05) is 48.5 Å². The highest BCUT2D eigenvalue weighted by molar-refractivity contribution is 7.32. The lowest BCUT2D eigenvalue weighted by Gasteiger charge is -2.09. The van der Waals surface area contributed by atoms with E-state index in [0.29, 0.717) is 31.3 Å². The van der Waals surface area contributed by atoms with Crippen LogP contribution in [0.4, 0.5) is 0 Å². The molecule has 0 aliphatic heterocycles. The van der Waals surface area contributed by atoms with Crippen molar-refractivity contribution in [2.75, 3.05) is 13.2 Å². The molecule has 37 heavy (non-hydrogen) atoms. The van der Waals surface area contributed by atoms with E-state index in [2.05, 4.69) is 44.1 Å². The Kier molecular flexibility index (Phi) is 10.0. The maximum Gasteiger partial charge on any atom is 0.694 e. The quantitative estimate of drug-likeness (QED) is 0.143. The second-order valence-corrected chi connectivity index (χ2v) is 9.45. The third-order valence-electron chi connectivity index (χ3n) is 6.03. The lowest BCUT2D eigenvalue weighted by Crippen LogP contribution is -2.16. The van der Waals surface area contributed by atoms with Crippen LogP contribution in [0.1, 0.15) is 56.0 Å². The normalized spacial score (nSPS) is 12.3. The molecule has 0 fully saturated rings. The van der Waals surface area contributed by atoms with E-state index in [0.717, 1.165) is 34.9 Å². The molecule has 1 unspecified atom stereocenters. The first-order valence-corrected chi connectivity index (χ1v) is 13.7. The zero-order chi connectivity index (χ0) is 25.9. The molecule has 192 valence electrons. The van der Waals surface area contributed by atoms with Gasteiger partial charge < -0.3 is 9.73 Å². The molecule has 0 aliphatic carbocycles. The number of allylic oxidation sites excluding steroid dienone is 1. The molecule has 0 bridgehead atoms. The van der Waals surface area contributed by atoms with Crippen molar-refractivity contribution in [3.05, 3.63) is 77.8 Å². The molecule has 0 spiro atoms. The molecule has 8 nitrogen and oxygen atoms in total. The zero-order valence-electron chi connectivity index (χ0n) is 21.0. The largest absolute Gasteiger partial charge is 0.694 e. The van der Waals surface area contributed by atoms with E-state index in [4.69, 9.17) is 9.31 Å². The van der Waals surface area contributed by atoms with Crippen molar-refractivity contribution in [3.8, 4) is 11.5 Å². The number of pyridine rings is 1. The number of unbranched alkanes of at least 4 members (excludes halogenated alkanes) is 2. The molecule has 0 radical (unpaired) electrons. The van der Waals surface area contributed by atoms with Crippen molar-refractivity contribution < 1.29 is 18.4 Å². The minimum atomic E-state index is -2.55. The molecule has 2 aromatic heterocycles. The van der Waals surface area contributed by atoms with Gasteiger partial charge in [-0.25, -0.2) is 0 Å². The topological polar surface area (TPSA) is 110 Å². The molecular weight excluding hydrogens is 487 g/mol. The molecule has 9 heteroatoms. The summed E-state index contributed by atoms with van der Waals surface area (Å²) in [6.07, 6.45) is 8.81. The van der Waals surface area contributed by atoms with Gasteiger partial charge in [-0.2, -0.15) is 0 Å². The molecule has 0 saturated carbocycles. The number of hydrogen-bond acceptors (Lipinski definition) is 7. The van der Waals surface area contributed by atoms with E-state index in [9.17, 15) is 4.57 Å². The minimum Gasteiger partial charge on any atom is -0.417 e. The van der Waals surface area contributed by atoms with Crippen molar-refractivity contribution in [3.63, 3.8) is 0 Å². The minimum absolute atomic E-state index is 0.231. The monoisotopic (exact) mass is 519 g/mol. The van der Waals surface area contributed by atoms with Gasteiger partial charge in [0.1, 0.15) is 6.61 Å². The van der Waals surface area contributed by atoms with Crippen molar-refractivity contribution >= 4 is 30.8 Å². The van der Waals surface area contributed by atoms with Gasteiger partial charge in [-0.05, 0) is 54.6 Å². The van der Waals surface area contributed by atoms with Gasteiger partial charge >= 0.3 is 8.25 Å². The number of nitrogens with zero attached hydrogens (tertiary/aromatic N) is 3. The van der Waals surface area contributed by atoms with Crippen molar-refractivity contribution in [2.45, 2.75) is 45.6 Å². The molecule has 2 N–H and O–H groups in total. The summed E-state index contributed by atoms with van der Waals surface area (Å²) in [6.45, 7) is 3.69. The predicted octanol–water partition coefficient (Wildman–Crippen LogP) is 6.55. The summed E-state index contributed by atoms with van der Waals surface area (Å²) in [4.78, 5) is 13.3. The van der Waals surface area contributed by atoms with Gasteiger partial charge in [-0.15, -0.1) is 19.6 Å². The van der Waals surface area contributed by atoms with Crippen LogP contribution in [-0.2, 0) is 15.6 Å². The average molecular weight is 520 g/mol. The molecule has 1 atom stereocenters. The van der Waals surface area contributed by atoms with Crippen LogP contribution in [0, 0.1) is 0 Å². The molecule has 2 aromatic carbocycles. The Morgan fingerprint density at radius 3 is 2.76 bits per heavy atom. The van der Waals surface area contributed by atoms with Gasteiger partial charge in [0.2, 0.25) is 11.8 Å². The molecule has 0 saturated heterocycles. The summed E-state index contributed by atoms with van der Waals surface area (Å²) in [5.41, 5.74) is 5.10. The van der Waals surface area contributed by atoms with Gasteiger partial charge in [0, 0.05) is 34.3 Å². The Morgan fingerprint density at radius 1 is 1.08 bits per heavy atom. The Balaban J connectivity index is 1.53. The number of aromatic nitrogens is 3. The van der Waals surface area contributed by atoms with Gasteiger partial charge in [0.25, 0.3) is 0 Å². The predicted molar refractivity (Wildman–Crippen MR) is 146 cm³/mol. The van der Waals surface area contributed by atoms with Crippen LogP contribution in [0.25, 0.3) is 34.0 Å². The maximum absolute atomic E-state index is 10.6. The number of nitrogens with one attached hydrogen (secondary N) is 1. The zero-order valence-corrected chi connectivity index (χ0v) is 21.9. The Bertz CT molecular complexity index is 1340. The number of hydrogen-bond donors (Lipinski definition) is 2. The smallest absolute Gasteiger partial charge is 0.417 e. The van der Waals surface area contributed by atoms with Crippen LogP contribution < -0.4 is 5.32 Å². The van der Waals surface area contributed by atoms with Gasteiger partial charge in [0.15, 0.2) is 0 Å². The second-order valence-electron chi connectivity index (χ2n) is 8.71. The van der Waals surface area contributed by atoms with Crippen molar-refractivity contribution in [1.82, 2.24) is 20.5 Å². The molecule has 2 heterocycles. The van der Waals surface area contributed by atoms with E-state index >= 15 is 0 Å². The first-order valence-electron chi connectivity index (χ1n) is 12.6. The first kappa shape index (κ1) is 26.8. The van der Waals surface area contributed by atoms with Crippen LogP contribution in [-0.4, -0.2) is 33.2 Å². The van der Waals surface area contributed by atoms with Gasteiger partial charge in [-0.3, -0.25) is 4.98 Å². The van der Waals surface area contributed by atoms with E-state index < -0.39 is 8.25 Å². The third-order valence-corrected chi connectivity index (χ3v) is 6.43. The van der Waals surface area contributed by atoms with Crippen LogP contribution in [0.5, 0.6) is 0 Å². The molecular formula is C28H32N4O4P+. The molecule has 0 aliphatic rings. The SMILES string of the molecule is CCCCC/C(=C\c1nnc(-c2ccc(CNCCCO[P+](=O)O)c3ncccc23)o1)c1ccccc1. The fraction of sp³-hybridized carbons (Fsp3) is 0.321. The van der Waals surface area contributed by atoms with Crippen molar-refractivity contribution in [2.24, 2.45) is 0 Å². The summed E-state index contributed by atoms with van der Waals surface area (Å²) < 4.78 is 21.4. The second kappa shape index (κ2) is 13.9. The molecule has 4 rings (SSSR count). The summed E-state index contributed by atoms with van der Waals surface area (Å²) in [6, 6.07) is 18.2. The number of rotatable bonds is 14. The van der Waals surface area contributed by atoms with Crippen molar-refractivity contribution in [1.29, 1.82) is 0 Å². The highest BCUT2D eigenvalue weighted by Gasteiger charge is 2.15. The summed E-state index contributed by atoms with van der Waals surface area (Å²) in [7, 11) is -2.55. The van der Waals surface area contributed by atoms with Crippen LogP contribution in [0.3, 0.4) is 0 Å². The third kappa shape index (κ3) is 7.60. The molecule has 4 aromatic rings. The van der Waals surface area contributed by atoms with Gasteiger partial charge in [-0.1, -0.05) is 62.2 Å². The van der Waals surface area contributed by atoms with Crippen LogP contribution >= 0.6 is 8.25 Å². The highest BCUT2D eigenvalue weighted by atomic mass is 31.1. The van der Waals surface area contributed by atoms with Crippen LogP contribution in [0.15, 0.2) is 65.2 Å². The number of benzene rings is 2. The fourth-order valence-corrected chi connectivity index (χ4v) is 4.48. The van der Waals surface area contributed by atoms with E-state index in [1.165, 1.54) is 24.0 Å². The van der Waals surface area contributed by atoms with E-state index in [1.54, 1.807) is 6.20 Å². The Morgan fingerprint density at radius 2 is 1.95 bits per heavy atom. The summed E-state index contributed by atoms with van der Waals surface area (Å²) in [5, 5.41) is 13.0. The Hall–Kier alpha value is -3.29. The fourth-order valence-electron chi connectivity index (χ4n) is 4.19. The summed E-state index contributed by atoms with van der Waals surface area (Å²) >= 11 is 0. The average Bonchev–Trinajstić information content (AvgIpc) is 3.38. The maximum atomic E-state index is 10.6. The van der Waals surface area contributed by atoms with Gasteiger partial charge in [0.05, 0.1) is 5.52 Å². The van der Waals surface area contributed by atoms with Crippen LogP contribution in [0.2, 0.25) is 0 Å². The lowest BCUT2D eigenvalue weighted by molar-refractivity contribution is 0.276. The first-order chi connectivity index (χ1) is 18.2. The summed E-state index contributed by atoms with van der Waals surface area (Å²) in [5.74, 6) is 0.944. The Labute approximate surface area is 217 Å². The highest BCUT2D eigenvalue weighted by Crippen LogP contribution is 2.30. The van der Waals surface area contributed by atoms with E-state index in [-0.39, 0.29) is 6.61 Å². The number of fused-ring (bicyclic) bond motifs is 1.